The molecule has 1 amide bonds. The molecule has 3 aliphatic heterocycles. The summed E-state index contributed by atoms with van der Waals surface area (Å²) in [5.74, 6) is -0.614. The Kier molecular flexibility index (Phi) is 7.96. The van der Waals surface area contributed by atoms with Crippen molar-refractivity contribution in [1.29, 1.82) is 0 Å². The number of amides is 1. The van der Waals surface area contributed by atoms with Crippen molar-refractivity contribution in [1.82, 2.24) is 9.80 Å². The monoisotopic (exact) mass is 551 g/mol. The van der Waals surface area contributed by atoms with Gasteiger partial charge in [0, 0.05) is 44.5 Å². The standard InChI is InChI=1S/C28H33Cl2F2N3O2/c1-33-18-37-28(23-17-21(32)3-5-26(23)33)9-14-34(15-10-28)11-8-22(19-2-4-24(29)25(30)16-19)27(36)35-12-6-20(31)7-13-35/h2-5,16-17,20,22H,6-15,18H2,1H3. The molecule has 5 nitrogen and oxygen atoms in total. The number of hydrogen-bond donors (Lipinski definition) is 0. The van der Waals surface area contributed by atoms with E-state index in [1.54, 1.807) is 23.1 Å². The van der Waals surface area contributed by atoms with E-state index in [4.69, 9.17) is 27.9 Å². The molecule has 0 N–H and O–H groups in total. The maximum atomic E-state index is 14.2. The topological polar surface area (TPSA) is 36.0 Å². The Morgan fingerprint density at radius 3 is 2.51 bits per heavy atom. The van der Waals surface area contributed by atoms with Crippen molar-refractivity contribution in [2.75, 3.05) is 51.4 Å². The Balaban J connectivity index is 1.28. The number of hydrogen-bond acceptors (Lipinski definition) is 4. The number of benzene rings is 2. The zero-order valence-corrected chi connectivity index (χ0v) is 22.6. The van der Waals surface area contributed by atoms with Crippen molar-refractivity contribution < 1.29 is 18.3 Å². The highest BCUT2D eigenvalue weighted by molar-refractivity contribution is 6.42. The molecule has 2 saturated heterocycles. The molecule has 2 fully saturated rings. The van der Waals surface area contributed by atoms with E-state index in [2.05, 4.69) is 4.90 Å². The van der Waals surface area contributed by atoms with E-state index in [1.807, 2.05) is 24.1 Å². The quantitative estimate of drug-likeness (QED) is 0.457. The molecule has 2 aromatic rings. The minimum atomic E-state index is -0.839. The predicted molar refractivity (Wildman–Crippen MR) is 143 cm³/mol. The summed E-state index contributed by atoms with van der Waals surface area (Å²) >= 11 is 12.4. The Bertz CT molecular complexity index is 1130. The van der Waals surface area contributed by atoms with Crippen molar-refractivity contribution in [2.45, 2.75) is 49.8 Å². The Labute approximate surface area is 227 Å². The van der Waals surface area contributed by atoms with Gasteiger partial charge in [0.15, 0.2) is 0 Å². The van der Waals surface area contributed by atoms with Crippen molar-refractivity contribution in [3.63, 3.8) is 0 Å². The number of nitrogens with zero attached hydrogens (tertiary/aromatic N) is 3. The number of halogens is 4. The summed E-state index contributed by atoms with van der Waals surface area (Å²) in [6.45, 7) is 3.65. The van der Waals surface area contributed by atoms with Crippen LogP contribution in [0, 0.1) is 5.82 Å². The lowest BCUT2D eigenvalue weighted by Gasteiger charge is -2.47. The first kappa shape index (κ1) is 26.7. The van der Waals surface area contributed by atoms with Gasteiger partial charge >= 0.3 is 0 Å². The lowest BCUT2D eigenvalue weighted by Crippen LogP contribution is -2.49. The molecule has 1 atom stereocenters. The van der Waals surface area contributed by atoms with E-state index in [-0.39, 0.29) is 17.6 Å². The summed E-state index contributed by atoms with van der Waals surface area (Å²) in [4.78, 5) is 19.7. The van der Waals surface area contributed by atoms with Crippen LogP contribution in [-0.2, 0) is 15.1 Å². The molecule has 200 valence electrons. The second-order valence-electron chi connectivity index (χ2n) is 10.5. The molecular weight excluding hydrogens is 519 g/mol. The number of carbonyl (C=O) groups excluding carboxylic acids is 1. The third kappa shape index (κ3) is 5.60. The molecule has 5 rings (SSSR count). The Morgan fingerprint density at radius 2 is 1.81 bits per heavy atom. The van der Waals surface area contributed by atoms with Crippen molar-refractivity contribution >= 4 is 34.8 Å². The van der Waals surface area contributed by atoms with Crippen LogP contribution < -0.4 is 4.90 Å². The molecule has 1 spiro atoms. The first-order valence-corrected chi connectivity index (χ1v) is 13.8. The van der Waals surface area contributed by atoms with Gasteiger partial charge in [-0.05, 0) is 74.5 Å². The number of alkyl halides is 1. The zero-order valence-electron chi connectivity index (χ0n) is 21.1. The van der Waals surface area contributed by atoms with Crippen LogP contribution >= 0.6 is 23.2 Å². The molecule has 9 heteroatoms. The van der Waals surface area contributed by atoms with Crippen LogP contribution in [0.4, 0.5) is 14.5 Å². The van der Waals surface area contributed by atoms with E-state index in [0.29, 0.717) is 49.1 Å². The molecule has 0 aromatic heterocycles. The molecule has 0 saturated carbocycles. The zero-order chi connectivity index (χ0) is 26.2. The molecule has 0 bridgehead atoms. The van der Waals surface area contributed by atoms with Crippen molar-refractivity contribution in [3.05, 3.63) is 63.4 Å². The highest BCUT2D eigenvalue weighted by Gasteiger charge is 2.42. The lowest BCUT2D eigenvalue weighted by atomic mass is 9.81. The number of piperidine rings is 2. The van der Waals surface area contributed by atoms with Crippen LogP contribution in [0.15, 0.2) is 36.4 Å². The Hall–Kier alpha value is -1.93. The van der Waals surface area contributed by atoms with E-state index in [1.165, 1.54) is 6.07 Å². The van der Waals surface area contributed by atoms with E-state index in [9.17, 15) is 13.6 Å². The molecule has 3 aliphatic rings. The van der Waals surface area contributed by atoms with Crippen molar-refractivity contribution in [3.8, 4) is 0 Å². The molecule has 37 heavy (non-hydrogen) atoms. The highest BCUT2D eigenvalue weighted by Crippen LogP contribution is 2.45. The smallest absolute Gasteiger partial charge is 0.230 e. The van der Waals surface area contributed by atoms with E-state index in [0.717, 1.165) is 49.3 Å². The molecule has 0 radical (unpaired) electrons. The van der Waals surface area contributed by atoms with Gasteiger partial charge in [-0.15, -0.1) is 0 Å². The van der Waals surface area contributed by atoms with Gasteiger partial charge in [-0.2, -0.15) is 0 Å². The average molecular weight is 552 g/mol. The molecule has 1 unspecified atom stereocenters. The largest absolute Gasteiger partial charge is 0.351 e. The first-order valence-electron chi connectivity index (χ1n) is 13.0. The van der Waals surface area contributed by atoms with Crippen LogP contribution in [-0.4, -0.2) is 68.4 Å². The van der Waals surface area contributed by atoms with Gasteiger partial charge in [-0.25, -0.2) is 8.78 Å². The number of fused-ring (bicyclic) bond motifs is 2. The van der Waals surface area contributed by atoms with Crippen LogP contribution in [0.5, 0.6) is 0 Å². The average Bonchev–Trinajstić information content (AvgIpc) is 2.90. The number of anilines is 1. The summed E-state index contributed by atoms with van der Waals surface area (Å²) in [7, 11) is 1.95. The maximum Gasteiger partial charge on any atom is 0.230 e. The van der Waals surface area contributed by atoms with Crippen LogP contribution in [0.25, 0.3) is 0 Å². The van der Waals surface area contributed by atoms with Crippen LogP contribution in [0.1, 0.15) is 49.1 Å². The fourth-order valence-electron chi connectivity index (χ4n) is 5.89. The van der Waals surface area contributed by atoms with Gasteiger partial charge in [0.05, 0.1) is 21.6 Å². The van der Waals surface area contributed by atoms with Crippen molar-refractivity contribution in [2.24, 2.45) is 0 Å². The fourth-order valence-corrected chi connectivity index (χ4v) is 6.19. The third-order valence-corrected chi connectivity index (χ3v) is 8.91. The van der Waals surface area contributed by atoms with Gasteiger partial charge in [0.2, 0.25) is 5.91 Å². The van der Waals surface area contributed by atoms with Crippen LogP contribution in [0.3, 0.4) is 0 Å². The summed E-state index contributed by atoms with van der Waals surface area (Å²) in [5.41, 5.74) is 2.28. The van der Waals surface area contributed by atoms with E-state index < -0.39 is 11.8 Å². The molecule has 0 aliphatic carbocycles. The lowest BCUT2D eigenvalue weighted by molar-refractivity contribution is -0.134. The second-order valence-corrected chi connectivity index (χ2v) is 11.3. The molecular formula is C28H33Cl2F2N3O2. The normalized spacial score (nSPS) is 21.2. The third-order valence-electron chi connectivity index (χ3n) is 8.17. The first-order chi connectivity index (χ1) is 17.8. The Morgan fingerprint density at radius 1 is 1.08 bits per heavy atom. The summed E-state index contributed by atoms with van der Waals surface area (Å²) in [5, 5.41) is 0.871. The van der Waals surface area contributed by atoms with Gasteiger partial charge in [0.1, 0.15) is 18.7 Å². The highest BCUT2D eigenvalue weighted by atomic mass is 35.5. The minimum Gasteiger partial charge on any atom is -0.351 e. The minimum absolute atomic E-state index is 0.0156. The summed E-state index contributed by atoms with van der Waals surface area (Å²) in [6, 6.07) is 10.3. The number of rotatable bonds is 5. The fraction of sp³-hybridized carbons (Fsp3) is 0.536. The van der Waals surface area contributed by atoms with Gasteiger partial charge in [0.25, 0.3) is 0 Å². The molecule has 3 heterocycles. The van der Waals surface area contributed by atoms with Gasteiger partial charge in [-0.3, -0.25) is 4.79 Å². The maximum absolute atomic E-state index is 14.2. The van der Waals surface area contributed by atoms with Crippen LogP contribution in [0.2, 0.25) is 10.0 Å². The predicted octanol–water partition coefficient (Wildman–Crippen LogP) is 5.98. The van der Waals surface area contributed by atoms with Gasteiger partial charge in [-0.1, -0.05) is 29.3 Å². The number of likely N-dealkylation sites (tertiary alicyclic amines) is 2. The van der Waals surface area contributed by atoms with E-state index >= 15 is 0 Å². The summed E-state index contributed by atoms with van der Waals surface area (Å²) in [6.07, 6.45) is 2.05. The molecule has 2 aromatic carbocycles. The number of ether oxygens (including phenoxy) is 1. The second kappa shape index (κ2) is 11.0. The SMILES string of the molecule is CN1COC2(CCN(CCC(C(=O)N3CCC(F)CC3)c3ccc(Cl)c(Cl)c3)CC2)c2cc(F)ccc21. The summed E-state index contributed by atoms with van der Waals surface area (Å²) < 4.78 is 34.2. The number of carbonyl (C=O) groups is 1. The van der Waals surface area contributed by atoms with Gasteiger partial charge < -0.3 is 19.4 Å².